The lowest BCUT2D eigenvalue weighted by atomic mass is 9.78. The fraction of sp³-hybridized carbons (Fsp3) is 0.929. The van der Waals surface area contributed by atoms with Crippen LogP contribution >= 0.6 is 0 Å². The van der Waals surface area contributed by atoms with Crippen LogP contribution < -0.4 is 0 Å². The summed E-state index contributed by atoms with van der Waals surface area (Å²) in [7, 11) is 0. The van der Waals surface area contributed by atoms with Gasteiger partial charge in [-0.1, -0.05) is 33.6 Å². The summed E-state index contributed by atoms with van der Waals surface area (Å²) in [4.78, 5) is 14.3. The van der Waals surface area contributed by atoms with Crippen molar-refractivity contribution in [2.45, 2.75) is 52.9 Å². The minimum absolute atomic E-state index is 0.324. The molecular formula is C14H27NO. The Morgan fingerprint density at radius 2 is 1.94 bits per heavy atom. The Bertz CT molecular complexity index is 211. The third-order valence-electron chi connectivity index (χ3n) is 3.94. The quantitative estimate of drug-likeness (QED) is 0.692. The summed E-state index contributed by atoms with van der Waals surface area (Å²) in [5.41, 5.74) is 0. The van der Waals surface area contributed by atoms with Gasteiger partial charge in [0.05, 0.1) is 0 Å². The Morgan fingerprint density at radius 3 is 2.50 bits per heavy atom. The van der Waals surface area contributed by atoms with Gasteiger partial charge in [-0.25, -0.2) is 0 Å². The van der Waals surface area contributed by atoms with Gasteiger partial charge >= 0.3 is 0 Å². The molecule has 1 rings (SSSR count). The minimum Gasteiger partial charge on any atom is -0.303 e. The van der Waals surface area contributed by atoms with Crippen molar-refractivity contribution in [1.29, 1.82) is 0 Å². The average molecular weight is 225 g/mol. The molecule has 2 atom stereocenters. The van der Waals surface area contributed by atoms with Gasteiger partial charge in [0, 0.05) is 18.9 Å². The Morgan fingerprint density at radius 1 is 1.25 bits per heavy atom. The van der Waals surface area contributed by atoms with Crippen molar-refractivity contribution in [3.63, 3.8) is 0 Å². The van der Waals surface area contributed by atoms with Crippen LogP contribution in [0.5, 0.6) is 0 Å². The van der Waals surface area contributed by atoms with Crippen molar-refractivity contribution in [2.75, 3.05) is 19.6 Å². The van der Waals surface area contributed by atoms with Crippen LogP contribution in [0.2, 0.25) is 0 Å². The van der Waals surface area contributed by atoms with Gasteiger partial charge in [-0.3, -0.25) is 4.79 Å². The van der Waals surface area contributed by atoms with Gasteiger partial charge in [0.1, 0.15) is 5.78 Å². The summed E-state index contributed by atoms with van der Waals surface area (Å²) in [5, 5.41) is 0. The third-order valence-corrected chi connectivity index (χ3v) is 3.94. The van der Waals surface area contributed by atoms with E-state index in [0.29, 0.717) is 11.7 Å². The molecule has 1 aliphatic carbocycles. The van der Waals surface area contributed by atoms with Crippen molar-refractivity contribution in [2.24, 2.45) is 11.8 Å². The fourth-order valence-corrected chi connectivity index (χ4v) is 2.84. The molecule has 0 aromatic heterocycles. The molecule has 0 heterocycles. The Hall–Kier alpha value is -0.370. The van der Waals surface area contributed by atoms with Crippen LogP contribution in [0, 0.1) is 11.8 Å². The van der Waals surface area contributed by atoms with Crippen LogP contribution in [-0.2, 0) is 4.79 Å². The molecule has 1 fully saturated rings. The standard InChI is InChI=1S/C14H27NO/c1-4-7-12-8-9-14(16)13(10-12)11-15(5-2)6-3/h12-13H,4-11H2,1-3H3. The molecule has 0 saturated heterocycles. The van der Waals surface area contributed by atoms with Gasteiger partial charge in [0.15, 0.2) is 0 Å². The van der Waals surface area contributed by atoms with Crippen LogP contribution in [0.1, 0.15) is 52.9 Å². The van der Waals surface area contributed by atoms with E-state index in [1.54, 1.807) is 0 Å². The highest BCUT2D eigenvalue weighted by molar-refractivity contribution is 5.81. The summed E-state index contributed by atoms with van der Waals surface area (Å²) in [6.45, 7) is 9.74. The Kier molecular flexibility index (Phi) is 6.04. The molecule has 0 spiro atoms. The predicted octanol–water partition coefficient (Wildman–Crippen LogP) is 3.11. The number of ketones is 1. The maximum absolute atomic E-state index is 11.9. The van der Waals surface area contributed by atoms with Gasteiger partial charge in [-0.15, -0.1) is 0 Å². The van der Waals surface area contributed by atoms with E-state index in [1.807, 2.05) is 0 Å². The van der Waals surface area contributed by atoms with E-state index in [9.17, 15) is 4.79 Å². The van der Waals surface area contributed by atoms with Crippen LogP contribution in [0.3, 0.4) is 0 Å². The first-order valence-electron chi connectivity index (χ1n) is 6.96. The molecule has 0 amide bonds. The maximum atomic E-state index is 11.9. The Labute approximate surface area is 100 Å². The van der Waals surface area contributed by atoms with Crippen molar-refractivity contribution in [3.05, 3.63) is 0 Å². The zero-order chi connectivity index (χ0) is 12.0. The number of hydrogen-bond acceptors (Lipinski definition) is 2. The molecule has 16 heavy (non-hydrogen) atoms. The molecule has 0 aromatic rings. The number of nitrogens with zero attached hydrogens (tertiary/aromatic N) is 1. The van der Waals surface area contributed by atoms with Crippen LogP contribution in [0.4, 0.5) is 0 Å². The summed E-state index contributed by atoms with van der Waals surface area (Å²) < 4.78 is 0. The minimum atomic E-state index is 0.324. The van der Waals surface area contributed by atoms with Crippen molar-refractivity contribution in [3.8, 4) is 0 Å². The molecule has 0 N–H and O–H groups in total. The predicted molar refractivity (Wildman–Crippen MR) is 68.5 cm³/mol. The zero-order valence-corrected chi connectivity index (χ0v) is 11.2. The van der Waals surface area contributed by atoms with Crippen LogP contribution in [-0.4, -0.2) is 30.3 Å². The van der Waals surface area contributed by atoms with Gasteiger partial charge in [-0.05, 0) is 31.8 Å². The lowest BCUT2D eigenvalue weighted by Crippen LogP contribution is -2.36. The first-order valence-corrected chi connectivity index (χ1v) is 6.96. The number of rotatable bonds is 6. The van der Waals surface area contributed by atoms with E-state index in [1.165, 1.54) is 12.8 Å². The molecule has 0 radical (unpaired) electrons. The van der Waals surface area contributed by atoms with Gasteiger partial charge in [-0.2, -0.15) is 0 Å². The molecule has 0 bridgehead atoms. The van der Waals surface area contributed by atoms with Gasteiger partial charge in [0.2, 0.25) is 0 Å². The molecule has 94 valence electrons. The SMILES string of the molecule is CCCC1CCC(=O)C(CN(CC)CC)C1. The van der Waals surface area contributed by atoms with Crippen molar-refractivity contribution in [1.82, 2.24) is 4.90 Å². The first kappa shape index (κ1) is 13.7. The number of carbonyl (C=O) groups is 1. The summed E-state index contributed by atoms with van der Waals surface area (Å²) in [6.07, 6.45) is 5.68. The molecule has 1 saturated carbocycles. The number of hydrogen-bond donors (Lipinski definition) is 0. The smallest absolute Gasteiger partial charge is 0.137 e. The Balaban J connectivity index is 2.45. The highest BCUT2D eigenvalue weighted by atomic mass is 16.1. The summed E-state index contributed by atoms with van der Waals surface area (Å²) in [6, 6.07) is 0. The van der Waals surface area contributed by atoms with E-state index in [-0.39, 0.29) is 0 Å². The molecular weight excluding hydrogens is 198 g/mol. The second-order valence-corrected chi connectivity index (χ2v) is 5.08. The number of Topliss-reactive ketones (excluding diaryl/α,β-unsaturated/α-hetero) is 1. The normalized spacial score (nSPS) is 26.4. The van der Waals surface area contributed by atoms with Gasteiger partial charge < -0.3 is 4.90 Å². The van der Waals surface area contributed by atoms with Crippen molar-refractivity contribution >= 4 is 5.78 Å². The zero-order valence-electron chi connectivity index (χ0n) is 11.2. The maximum Gasteiger partial charge on any atom is 0.137 e. The van der Waals surface area contributed by atoms with E-state index >= 15 is 0 Å². The van der Waals surface area contributed by atoms with Crippen molar-refractivity contribution < 1.29 is 4.79 Å². The molecule has 2 nitrogen and oxygen atoms in total. The van der Waals surface area contributed by atoms with E-state index in [2.05, 4.69) is 25.7 Å². The third kappa shape index (κ3) is 3.89. The van der Waals surface area contributed by atoms with Gasteiger partial charge in [0.25, 0.3) is 0 Å². The molecule has 1 aliphatic rings. The van der Waals surface area contributed by atoms with E-state index < -0.39 is 0 Å². The lowest BCUT2D eigenvalue weighted by Gasteiger charge is -2.31. The molecule has 2 heteroatoms. The highest BCUT2D eigenvalue weighted by Gasteiger charge is 2.28. The highest BCUT2D eigenvalue weighted by Crippen LogP contribution is 2.30. The van der Waals surface area contributed by atoms with Crippen LogP contribution in [0.25, 0.3) is 0 Å². The number of carbonyl (C=O) groups excluding carboxylic acids is 1. The molecule has 0 aliphatic heterocycles. The average Bonchev–Trinajstić information content (AvgIpc) is 2.30. The fourth-order valence-electron chi connectivity index (χ4n) is 2.84. The first-order chi connectivity index (χ1) is 7.71. The van der Waals surface area contributed by atoms with E-state index in [0.717, 1.165) is 44.8 Å². The second-order valence-electron chi connectivity index (χ2n) is 5.08. The summed E-state index contributed by atoms with van der Waals surface area (Å²) in [5.74, 6) is 1.65. The van der Waals surface area contributed by atoms with Crippen LogP contribution in [0.15, 0.2) is 0 Å². The monoisotopic (exact) mass is 225 g/mol. The van der Waals surface area contributed by atoms with E-state index in [4.69, 9.17) is 0 Å². The molecule has 0 aromatic carbocycles. The summed E-state index contributed by atoms with van der Waals surface area (Å²) >= 11 is 0. The second kappa shape index (κ2) is 7.05. The largest absolute Gasteiger partial charge is 0.303 e. The lowest BCUT2D eigenvalue weighted by molar-refractivity contribution is -0.126. The molecule has 2 unspecified atom stereocenters. The topological polar surface area (TPSA) is 20.3 Å².